The summed E-state index contributed by atoms with van der Waals surface area (Å²) in [7, 11) is 0. The number of nitrogens with zero attached hydrogens (tertiary/aromatic N) is 2. The fourth-order valence-electron chi connectivity index (χ4n) is 2.99. The molecule has 5 heteroatoms. The first-order valence-corrected chi connectivity index (χ1v) is 8.10. The summed E-state index contributed by atoms with van der Waals surface area (Å²) in [6.45, 7) is 3.87. The molecule has 0 spiro atoms. The Morgan fingerprint density at radius 1 is 1.09 bits per heavy atom. The normalized spacial score (nSPS) is 14.7. The van der Waals surface area contributed by atoms with Crippen LogP contribution in [0, 0.1) is 13.8 Å². The van der Waals surface area contributed by atoms with Crippen molar-refractivity contribution in [3.8, 4) is 0 Å². The van der Waals surface area contributed by atoms with Crippen molar-refractivity contribution in [1.29, 1.82) is 0 Å². The number of aromatic nitrogens is 2. The molecule has 0 bridgehead atoms. The van der Waals surface area contributed by atoms with E-state index >= 15 is 0 Å². The Kier molecular flexibility index (Phi) is 4.55. The van der Waals surface area contributed by atoms with Gasteiger partial charge in [0.15, 0.2) is 0 Å². The molecule has 1 aliphatic carbocycles. The first-order chi connectivity index (χ1) is 11.1. The average Bonchev–Trinajstić information content (AvgIpc) is 2.99. The van der Waals surface area contributed by atoms with Gasteiger partial charge in [-0.2, -0.15) is 0 Å². The third-order valence-corrected chi connectivity index (χ3v) is 4.05. The minimum Gasteiger partial charge on any atom is -0.349 e. The van der Waals surface area contributed by atoms with Gasteiger partial charge >= 0.3 is 0 Å². The number of aryl methyl sites for hydroxylation is 2. The van der Waals surface area contributed by atoms with Crippen molar-refractivity contribution >= 4 is 17.5 Å². The van der Waals surface area contributed by atoms with Crippen LogP contribution in [-0.2, 0) is 0 Å². The lowest BCUT2D eigenvalue weighted by Gasteiger charge is -2.13. The van der Waals surface area contributed by atoms with Gasteiger partial charge in [-0.05, 0) is 51.0 Å². The Morgan fingerprint density at radius 2 is 1.78 bits per heavy atom. The Labute approximate surface area is 136 Å². The Morgan fingerprint density at radius 3 is 2.48 bits per heavy atom. The highest BCUT2D eigenvalue weighted by Crippen LogP contribution is 2.19. The van der Waals surface area contributed by atoms with Crippen molar-refractivity contribution in [3.63, 3.8) is 0 Å². The average molecular weight is 310 g/mol. The summed E-state index contributed by atoms with van der Waals surface area (Å²) in [4.78, 5) is 21.1. The van der Waals surface area contributed by atoms with E-state index in [4.69, 9.17) is 0 Å². The molecule has 1 amide bonds. The van der Waals surface area contributed by atoms with Crippen LogP contribution in [0.15, 0.2) is 30.3 Å². The maximum absolute atomic E-state index is 12.3. The van der Waals surface area contributed by atoms with Crippen LogP contribution in [0.1, 0.15) is 47.4 Å². The third kappa shape index (κ3) is 4.06. The molecule has 1 aliphatic rings. The maximum atomic E-state index is 12.3. The van der Waals surface area contributed by atoms with Crippen LogP contribution < -0.4 is 10.6 Å². The quantitative estimate of drug-likeness (QED) is 0.907. The van der Waals surface area contributed by atoms with Gasteiger partial charge in [-0.15, -0.1) is 0 Å². The van der Waals surface area contributed by atoms with Crippen molar-refractivity contribution in [2.45, 2.75) is 45.6 Å². The van der Waals surface area contributed by atoms with Gasteiger partial charge in [-0.3, -0.25) is 4.79 Å². The molecule has 5 nitrogen and oxygen atoms in total. The first kappa shape index (κ1) is 15.5. The van der Waals surface area contributed by atoms with Gasteiger partial charge in [-0.1, -0.05) is 18.9 Å². The van der Waals surface area contributed by atoms with Crippen molar-refractivity contribution in [3.05, 3.63) is 47.3 Å². The third-order valence-electron chi connectivity index (χ3n) is 4.05. The molecule has 2 aromatic rings. The number of anilines is 2. The number of benzene rings is 1. The van der Waals surface area contributed by atoms with E-state index in [1.165, 1.54) is 12.8 Å². The summed E-state index contributed by atoms with van der Waals surface area (Å²) in [6.07, 6.45) is 4.58. The SMILES string of the molecule is Cc1cc(C)nc(Nc2cccc(C(=O)NC3CCCC3)c2)n1. The van der Waals surface area contributed by atoms with Gasteiger partial charge in [0.25, 0.3) is 5.91 Å². The van der Waals surface area contributed by atoms with Crippen LogP contribution in [0.25, 0.3) is 0 Å². The Balaban J connectivity index is 1.72. The molecule has 0 atom stereocenters. The maximum Gasteiger partial charge on any atom is 0.251 e. The van der Waals surface area contributed by atoms with Crippen LogP contribution in [0.5, 0.6) is 0 Å². The van der Waals surface area contributed by atoms with E-state index in [1.54, 1.807) is 0 Å². The molecule has 1 aromatic heterocycles. The summed E-state index contributed by atoms with van der Waals surface area (Å²) < 4.78 is 0. The van der Waals surface area contributed by atoms with Gasteiger partial charge in [0.2, 0.25) is 5.95 Å². The smallest absolute Gasteiger partial charge is 0.251 e. The number of amides is 1. The standard InChI is InChI=1S/C18H22N4O/c1-12-10-13(2)20-18(19-12)22-16-9-5-6-14(11-16)17(23)21-15-7-3-4-8-15/h5-6,9-11,15H,3-4,7-8H2,1-2H3,(H,21,23)(H,19,20,22). The summed E-state index contributed by atoms with van der Waals surface area (Å²) in [5, 5.41) is 6.28. The van der Waals surface area contributed by atoms with Crippen LogP contribution in [-0.4, -0.2) is 21.9 Å². The van der Waals surface area contributed by atoms with E-state index in [9.17, 15) is 4.79 Å². The molecular formula is C18H22N4O. The van der Waals surface area contributed by atoms with Gasteiger partial charge in [0.05, 0.1) is 0 Å². The minimum atomic E-state index is -0.0121. The molecule has 1 saturated carbocycles. The second-order valence-electron chi connectivity index (χ2n) is 6.13. The second kappa shape index (κ2) is 6.77. The topological polar surface area (TPSA) is 66.9 Å². The molecule has 0 unspecified atom stereocenters. The predicted molar refractivity (Wildman–Crippen MR) is 91.0 cm³/mol. The molecule has 23 heavy (non-hydrogen) atoms. The molecular weight excluding hydrogens is 288 g/mol. The van der Waals surface area contributed by atoms with Crippen molar-refractivity contribution < 1.29 is 4.79 Å². The van der Waals surface area contributed by atoms with Crippen LogP contribution in [0.4, 0.5) is 11.6 Å². The van der Waals surface area contributed by atoms with Crippen molar-refractivity contribution in [2.75, 3.05) is 5.32 Å². The van der Waals surface area contributed by atoms with E-state index in [-0.39, 0.29) is 5.91 Å². The van der Waals surface area contributed by atoms with E-state index in [0.717, 1.165) is 29.9 Å². The summed E-state index contributed by atoms with van der Waals surface area (Å²) in [5.41, 5.74) is 3.30. The second-order valence-corrected chi connectivity index (χ2v) is 6.13. The number of hydrogen-bond donors (Lipinski definition) is 2. The highest BCUT2D eigenvalue weighted by molar-refractivity contribution is 5.95. The van der Waals surface area contributed by atoms with Crippen LogP contribution in [0.2, 0.25) is 0 Å². The number of carbonyl (C=O) groups excluding carboxylic acids is 1. The number of nitrogens with one attached hydrogen (secondary N) is 2. The zero-order valence-corrected chi connectivity index (χ0v) is 13.6. The number of carbonyl (C=O) groups is 1. The lowest BCUT2D eigenvalue weighted by Crippen LogP contribution is -2.32. The van der Waals surface area contributed by atoms with Gasteiger partial charge in [-0.25, -0.2) is 9.97 Å². The van der Waals surface area contributed by atoms with Gasteiger partial charge in [0, 0.05) is 28.7 Å². The zero-order chi connectivity index (χ0) is 16.2. The molecule has 0 radical (unpaired) electrons. The van der Waals surface area contributed by atoms with E-state index in [2.05, 4.69) is 20.6 Å². The summed E-state index contributed by atoms with van der Waals surface area (Å²) >= 11 is 0. The first-order valence-electron chi connectivity index (χ1n) is 8.10. The molecule has 0 saturated heterocycles. The molecule has 1 fully saturated rings. The van der Waals surface area contributed by atoms with Crippen LogP contribution in [0.3, 0.4) is 0 Å². The largest absolute Gasteiger partial charge is 0.349 e. The lowest BCUT2D eigenvalue weighted by molar-refractivity contribution is 0.0938. The zero-order valence-electron chi connectivity index (χ0n) is 13.6. The molecule has 1 heterocycles. The number of rotatable bonds is 4. The lowest BCUT2D eigenvalue weighted by atomic mass is 10.1. The molecule has 3 rings (SSSR count). The minimum absolute atomic E-state index is 0.0121. The number of hydrogen-bond acceptors (Lipinski definition) is 4. The van der Waals surface area contributed by atoms with Gasteiger partial charge < -0.3 is 10.6 Å². The molecule has 1 aromatic carbocycles. The van der Waals surface area contributed by atoms with E-state index < -0.39 is 0 Å². The van der Waals surface area contributed by atoms with E-state index in [1.807, 2.05) is 44.2 Å². The predicted octanol–water partition coefficient (Wildman–Crippen LogP) is 3.51. The van der Waals surface area contributed by atoms with E-state index in [0.29, 0.717) is 17.6 Å². The fraction of sp³-hybridized carbons (Fsp3) is 0.389. The highest BCUT2D eigenvalue weighted by Gasteiger charge is 2.18. The Bertz CT molecular complexity index is 688. The monoisotopic (exact) mass is 310 g/mol. The van der Waals surface area contributed by atoms with Crippen molar-refractivity contribution in [2.24, 2.45) is 0 Å². The Hall–Kier alpha value is -2.43. The molecule has 2 N–H and O–H groups in total. The molecule has 120 valence electrons. The molecule has 0 aliphatic heterocycles. The highest BCUT2D eigenvalue weighted by atomic mass is 16.1. The van der Waals surface area contributed by atoms with Crippen LogP contribution >= 0.6 is 0 Å². The fourth-order valence-corrected chi connectivity index (χ4v) is 2.99. The van der Waals surface area contributed by atoms with Gasteiger partial charge in [0.1, 0.15) is 0 Å². The van der Waals surface area contributed by atoms with Crippen molar-refractivity contribution in [1.82, 2.24) is 15.3 Å². The summed E-state index contributed by atoms with van der Waals surface area (Å²) in [5.74, 6) is 0.540. The summed E-state index contributed by atoms with van der Waals surface area (Å²) in [6, 6.07) is 9.70.